The van der Waals surface area contributed by atoms with Gasteiger partial charge in [-0.3, -0.25) is 14.2 Å². The van der Waals surface area contributed by atoms with Gasteiger partial charge in [-0.05, 0) is 37.9 Å². The number of carbonyl (C=O) groups is 1. The first-order valence-corrected chi connectivity index (χ1v) is 8.04. The van der Waals surface area contributed by atoms with Crippen molar-refractivity contribution in [3.63, 3.8) is 0 Å². The van der Waals surface area contributed by atoms with Crippen molar-refractivity contribution in [2.75, 3.05) is 13.1 Å². The van der Waals surface area contributed by atoms with Crippen LogP contribution in [0.2, 0.25) is 0 Å². The highest BCUT2D eigenvalue weighted by molar-refractivity contribution is 5.85. The number of nitrogens with two attached hydrogens (primary N) is 1. The molecule has 6 nitrogen and oxygen atoms in total. The second-order valence-corrected chi connectivity index (χ2v) is 6.24. The zero-order chi connectivity index (χ0) is 16.4. The molecule has 0 radical (unpaired) electrons. The van der Waals surface area contributed by atoms with Crippen molar-refractivity contribution < 1.29 is 4.79 Å². The summed E-state index contributed by atoms with van der Waals surface area (Å²) in [5.41, 5.74) is 6.28. The fourth-order valence-corrected chi connectivity index (χ4v) is 3.29. The number of halogens is 1. The molecule has 0 bridgehead atoms. The lowest BCUT2D eigenvalue weighted by molar-refractivity contribution is -0.132. The Labute approximate surface area is 147 Å². The lowest BCUT2D eigenvalue weighted by Crippen LogP contribution is -2.35. The predicted molar refractivity (Wildman–Crippen MR) is 96.2 cm³/mol. The highest BCUT2D eigenvalue weighted by Gasteiger charge is 2.31. The topological polar surface area (TPSA) is 81.2 Å². The maximum Gasteiger partial charge on any atom is 0.261 e. The number of carbonyl (C=O) groups excluding carboxylic acids is 1. The first-order chi connectivity index (χ1) is 11.1. The smallest absolute Gasteiger partial charge is 0.261 e. The van der Waals surface area contributed by atoms with Crippen LogP contribution in [0.3, 0.4) is 0 Å². The minimum atomic E-state index is -0.0993. The van der Waals surface area contributed by atoms with E-state index >= 15 is 0 Å². The number of aromatic nitrogens is 2. The number of rotatable bonds is 4. The monoisotopic (exact) mass is 350 g/mol. The lowest BCUT2D eigenvalue weighted by Gasteiger charge is -2.21. The third-order valence-corrected chi connectivity index (χ3v) is 4.61. The van der Waals surface area contributed by atoms with Crippen LogP contribution in [0, 0.1) is 5.92 Å². The highest BCUT2D eigenvalue weighted by Crippen LogP contribution is 2.22. The molecule has 1 aromatic heterocycles. The number of amides is 1. The van der Waals surface area contributed by atoms with Gasteiger partial charge in [-0.15, -0.1) is 12.4 Å². The lowest BCUT2D eigenvalue weighted by atomic mass is 10.1. The first-order valence-electron chi connectivity index (χ1n) is 8.04. The summed E-state index contributed by atoms with van der Waals surface area (Å²) in [6.07, 6.45) is 2.79. The van der Waals surface area contributed by atoms with Crippen LogP contribution in [0.1, 0.15) is 19.8 Å². The van der Waals surface area contributed by atoms with Crippen LogP contribution in [0.25, 0.3) is 10.9 Å². The molecule has 1 aliphatic heterocycles. The van der Waals surface area contributed by atoms with Gasteiger partial charge in [0.05, 0.1) is 17.2 Å². The van der Waals surface area contributed by atoms with E-state index in [0.29, 0.717) is 36.3 Å². The molecule has 7 heteroatoms. The molecule has 2 unspecified atom stereocenters. The third-order valence-electron chi connectivity index (χ3n) is 4.61. The van der Waals surface area contributed by atoms with Gasteiger partial charge < -0.3 is 10.6 Å². The molecule has 24 heavy (non-hydrogen) atoms. The van der Waals surface area contributed by atoms with Crippen molar-refractivity contribution >= 4 is 29.2 Å². The quantitative estimate of drug-likeness (QED) is 0.903. The van der Waals surface area contributed by atoms with Crippen LogP contribution in [-0.2, 0) is 11.3 Å². The SMILES string of the molecule is CC1CC(CN)CN1C(=O)CCn1cnc2ccccc2c1=O.Cl. The summed E-state index contributed by atoms with van der Waals surface area (Å²) < 4.78 is 1.52. The van der Waals surface area contributed by atoms with E-state index in [2.05, 4.69) is 11.9 Å². The van der Waals surface area contributed by atoms with E-state index in [0.717, 1.165) is 13.0 Å². The second-order valence-electron chi connectivity index (χ2n) is 6.24. The Bertz CT molecular complexity index is 777. The highest BCUT2D eigenvalue weighted by atomic mass is 35.5. The summed E-state index contributed by atoms with van der Waals surface area (Å²) >= 11 is 0. The normalized spacial score (nSPS) is 20.2. The van der Waals surface area contributed by atoms with E-state index in [9.17, 15) is 9.59 Å². The summed E-state index contributed by atoms with van der Waals surface area (Å²) in [5.74, 6) is 0.465. The molecule has 1 amide bonds. The van der Waals surface area contributed by atoms with Crippen molar-refractivity contribution in [1.29, 1.82) is 0 Å². The molecule has 1 saturated heterocycles. The Balaban J connectivity index is 0.00000208. The molecule has 2 heterocycles. The number of nitrogens with zero attached hydrogens (tertiary/aromatic N) is 3. The Morgan fingerprint density at radius 1 is 1.38 bits per heavy atom. The van der Waals surface area contributed by atoms with E-state index in [-0.39, 0.29) is 29.9 Å². The number of benzene rings is 1. The number of aryl methyl sites for hydroxylation is 1. The van der Waals surface area contributed by atoms with Crippen molar-refractivity contribution in [1.82, 2.24) is 14.5 Å². The Kier molecular flexibility index (Phi) is 5.96. The van der Waals surface area contributed by atoms with Crippen molar-refractivity contribution in [3.8, 4) is 0 Å². The largest absolute Gasteiger partial charge is 0.340 e. The van der Waals surface area contributed by atoms with Gasteiger partial charge in [-0.1, -0.05) is 12.1 Å². The molecule has 3 rings (SSSR count). The molecule has 2 atom stereocenters. The zero-order valence-corrected chi connectivity index (χ0v) is 14.5. The van der Waals surface area contributed by atoms with Crippen LogP contribution in [0.4, 0.5) is 0 Å². The molecule has 2 N–H and O–H groups in total. The fraction of sp³-hybridized carbons (Fsp3) is 0.471. The summed E-state index contributed by atoms with van der Waals surface area (Å²) in [5, 5.41) is 0.584. The van der Waals surface area contributed by atoms with Crippen molar-refractivity contribution in [3.05, 3.63) is 40.9 Å². The maximum absolute atomic E-state index is 12.4. The van der Waals surface area contributed by atoms with Crippen LogP contribution < -0.4 is 11.3 Å². The van der Waals surface area contributed by atoms with Gasteiger partial charge >= 0.3 is 0 Å². The summed E-state index contributed by atoms with van der Waals surface area (Å²) in [6.45, 7) is 3.74. The predicted octanol–water partition coefficient (Wildman–Crippen LogP) is 1.40. The Morgan fingerprint density at radius 2 is 2.12 bits per heavy atom. The summed E-state index contributed by atoms with van der Waals surface area (Å²) in [7, 11) is 0. The molecular formula is C17H23ClN4O2. The van der Waals surface area contributed by atoms with Crippen molar-refractivity contribution in [2.45, 2.75) is 32.4 Å². The van der Waals surface area contributed by atoms with Gasteiger partial charge in [0.1, 0.15) is 0 Å². The van der Waals surface area contributed by atoms with E-state index in [4.69, 9.17) is 5.73 Å². The van der Waals surface area contributed by atoms with Gasteiger partial charge in [-0.2, -0.15) is 0 Å². The number of fused-ring (bicyclic) bond motifs is 1. The van der Waals surface area contributed by atoms with E-state index in [1.807, 2.05) is 23.1 Å². The van der Waals surface area contributed by atoms with E-state index < -0.39 is 0 Å². The van der Waals surface area contributed by atoms with Gasteiger partial charge in [0.25, 0.3) is 5.56 Å². The molecule has 1 fully saturated rings. The van der Waals surface area contributed by atoms with Crippen LogP contribution in [-0.4, -0.2) is 39.5 Å². The fourth-order valence-electron chi connectivity index (χ4n) is 3.29. The molecule has 2 aromatic rings. The average Bonchev–Trinajstić information content (AvgIpc) is 2.95. The third kappa shape index (κ3) is 3.60. The van der Waals surface area contributed by atoms with Crippen LogP contribution >= 0.6 is 12.4 Å². The molecule has 1 aliphatic rings. The van der Waals surface area contributed by atoms with Gasteiger partial charge in [-0.25, -0.2) is 4.98 Å². The molecule has 0 saturated carbocycles. The molecule has 130 valence electrons. The first kappa shape index (κ1) is 18.4. The second kappa shape index (κ2) is 7.77. The molecule has 0 aliphatic carbocycles. The minimum Gasteiger partial charge on any atom is -0.340 e. The Hall–Kier alpha value is -1.92. The number of para-hydroxylation sites is 1. The zero-order valence-electron chi connectivity index (χ0n) is 13.7. The Morgan fingerprint density at radius 3 is 2.83 bits per heavy atom. The number of likely N-dealkylation sites (tertiary alicyclic amines) is 1. The van der Waals surface area contributed by atoms with Gasteiger partial charge in [0.15, 0.2) is 0 Å². The average molecular weight is 351 g/mol. The van der Waals surface area contributed by atoms with E-state index in [1.165, 1.54) is 10.9 Å². The maximum atomic E-state index is 12.4. The number of hydrogen-bond donors (Lipinski definition) is 1. The number of hydrogen-bond acceptors (Lipinski definition) is 4. The summed E-state index contributed by atoms with van der Waals surface area (Å²) in [6, 6.07) is 7.47. The summed E-state index contributed by atoms with van der Waals surface area (Å²) in [4.78, 5) is 31.0. The van der Waals surface area contributed by atoms with Crippen LogP contribution in [0.15, 0.2) is 35.4 Å². The van der Waals surface area contributed by atoms with E-state index in [1.54, 1.807) is 6.07 Å². The minimum absolute atomic E-state index is 0. The molecule has 1 aromatic carbocycles. The molecular weight excluding hydrogens is 328 g/mol. The van der Waals surface area contributed by atoms with Gasteiger partial charge in [0, 0.05) is 25.6 Å². The van der Waals surface area contributed by atoms with Gasteiger partial charge in [0.2, 0.25) is 5.91 Å². The standard InChI is InChI=1S/C17H22N4O2.ClH/c1-12-8-13(9-18)10-21(12)16(22)6-7-20-11-19-15-5-3-2-4-14(15)17(20)23;/h2-5,11-13H,6-10,18H2,1H3;1H. The molecule has 0 spiro atoms. The van der Waals surface area contributed by atoms with Crippen molar-refractivity contribution in [2.24, 2.45) is 11.7 Å². The van der Waals surface area contributed by atoms with Crippen LogP contribution in [0.5, 0.6) is 0 Å².